The van der Waals surface area contributed by atoms with Gasteiger partial charge in [0.15, 0.2) is 10.9 Å². The van der Waals surface area contributed by atoms with Gasteiger partial charge in [-0.3, -0.25) is 14.2 Å². The third-order valence-corrected chi connectivity index (χ3v) is 6.29. The number of nitrogens with zero attached hydrogens (tertiary/aromatic N) is 2. The van der Waals surface area contributed by atoms with Crippen LogP contribution in [-0.2, 0) is 4.79 Å². The summed E-state index contributed by atoms with van der Waals surface area (Å²) in [6, 6.07) is 22.6. The van der Waals surface area contributed by atoms with Gasteiger partial charge in [-0.2, -0.15) is 0 Å². The molecule has 0 bridgehead atoms. The van der Waals surface area contributed by atoms with Crippen LogP contribution in [0.5, 0.6) is 0 Å². The van der Waals surface area contributed by atoms with Crippen molar-refractivity contribution in [2.75, 3.05) is 11.1 Å². The molecule has 0 unspecified atom stereocenters. The minimum absolute atomic E-state index is 0.0123. The summed E-state index contributed by atoms with van der Waals surface area (Å²) in [6.45, 7) is 3.50. The lowest BCUT2D eigenvalue weighted by atomic mass is 10.1. The molecule has 4 rings (SSSR count). The van der Waals surface area contributed by atoms with E-state index in [1.165, 1.54) is 18.7 Å². The Labute approximate surface area is 201 Å². The van der Waals surface area contributed by atoms with Gasteiger partial charge in [0.1, 0.15) is 0 Å². The summed E-state index contributed by atoms with van der Waals surface area (Å²) in [7, 11) is 0. The standard InChI is InChI=1S/C26H22ClN3O2S/c1-17-5-3-4-6-23(17)30-24(19-7-11-21(27)12-8-19)15-28-26(30)33-16-25(32)20-9-13-22(14-10-20)29-18(2)31/h3-15H,16H2,1-2H3,(H,29,31). The number of para-hydroxylation sites is 1. The van der Waals surface area contributed by atoms with E-state index in [0.717, 1.165) is 27.7 Å². The minimum atomic E-state index is -0.149. The van der Waals surface area contributed by atoms with Crippen molar-refractivity contribution in [2.45, 2.75) is 19.0 Å². The van der Waals surface area contributed by atoms with Gasteiger partial charge in [0.25, 0.3) is 0 Å². The van der Waals surface area contributed by atoms with E-state index >= 15 is 0 Å². The zero-order valence-corrected chi connectivity index (χ0v) is 19.8. The monoisotopic (exact) mass is 475 g/mol. The predicted molar refractivity (Wildman–Crippen MR) is 135 cm³/mol. The lowest BCUT2D eigenvalue weighted by Gasteiger charge is -2.14. The van der Waals surface area contributed by atoms with Crippen molar-refractivity contribution in [3.8, 4) is 16.9 Å². The lowest BCUT2D eigenvalue weighted by Crippen LogP contribution is -2.07. The number of aromatic nitrogens is 2. The van der Waals surface area contributed by atoms with E-state index in [1.807, 2.05) is 48.7 Å². The van der Waals surface area contributed by atoms with Crippen molar-refractivity contribution in [1.29, 1.82) is 0 Å². The Bertz CT molecular complexity index is 1300. The highest BCUT2D eigenvalue weighted by molar-refractivity contribution is 7.99. The summed E-state index contributed by atoms with van der Waals surface area (Å²) in [5.74, 6) is 0.0773. The van der Waals surface area contributed by atoms with Crippen molar-refractivity contribution >= 4 is 40.7 Å². The number of thioether (sulfide) groups is 1. The number of Topliss-reactive ketones (excluding diaryl/α,β-unsaturated/α-hetero) is 1. The highest BCUT2D eigenvalue weighted by atomic mass is 35.5. The molecule has 0 aliphatic heterocycles. The van der Waals surface area contributed by atoms with Gasteiger partial charge in [-0.15, -0.1) is 0 Å². The average Bonchev–Trinajstić information content (AvgIpc) is 3.22. The summed E-state index contributed by atoms with van der Waals surface area (Å²) in [5, 5.41) is 4.11. The predicted octanol–water partition coefficient (Wildman–Crippen LogP) is 6.43. The molecule has 1 amide bonds. The number of hydrogen-bond acceptors (Lipinski definition) is 4. The molecule has 3 aromatic carbocycles. The third-order valence-electron chi connectivity index (χ3n) is 5.09. The third kappa shape index (κ3) is 5.35. The molecule has 0 radical (unpaired) electrons. The van der Waals surface area contributed by atoms with Crippen LogP contribution in [0.3, 0.4) is 0 Å². The number of ketones is 1. The van der Waals surface area contributed by atoms with Crippen LogP contribution in [0.4, 0.5) is 5.69 Å². The molecule has 166 valence electrons. The molecule has 0 atom stereocenters. The van der Waals surface area contributed by atoms with E-state index in [-0.39, 0.29) is 17.4 Å². The van der Waals surface area contributed by atoms with Gasteiger partial charge >= 0.3 is 0 Å². The Morgan fingerprint density at radius 2 is 1.70 bits per heavy atom. The number of benzene rings is 3. The first-order valence-electron chi connectivity index (χ1n) is 10.4. The molecule has 0 saturated heterocycles. The summed E-state index contributed by atoms with van der Waals surface area (Å²) in [6.07, 6.45) is 1.82. The molecule has 5 nitrogen and oxygen atoms in total. The molecule has 0 aliphatic carbocycles. The van der Waals surface area contributed by atoms with Crippen LogP contribution in [0.2, 0.25) is 5.02 Å². The van der Waals surface area contributed by atoms with E-state index in [4.69, 9.17) is 11.6 Å². The van der Waals surface area contributed by atoms with Crippen LogP contribution in [0.1, 0.15) is 22.8 Å². The summed E-state index contributed by atoms with van der Waals surface area (Å²) < 4.78 is 2.08. The zero-order chi connectivity index (χ0) is 23.4. The zero-order valence-electron chi connectivity index (χ0n) is 18.2. The van der Waals surface area contributed by atoms with Crippen LogP contribution in [0, 0.1) is 6.92 Å². The fourth-order valence-corrected chi connectivity index (χ4v) is 4.47. The molecule has 0 spiro atoms. The fraction of sp³-hybridized carbons (Fsp3) is 0.115. The van der Waals surface area contributed by atoms with E-state index < -0.39 is 0 Å². The second-order valence-electron chi connectivity index (χ2n) is 7.53. The molecule has 1 heterocycles. The molecule has 0 fully saturated rings. The fourth-order valence-electron chi connectivity index (χ4n) is 3.46. The van der Waals surface area contributed by atoms with Crippen LogP contribution in [0.15, 0.2) is 84.1 Å². The van der Waals surface area contributed by atoms with Crippen LogP contribution in [0.25, 0.3) is 16.9 Å². The number of amides is 1. The van der Waals surface area contributed by atoms with Crippen LogP contribution >= 0.6 is 23.4 Å². The smallest absolute Gasteiger partial charge is 0.221 e. The molecule has 1 N–H and O–H groups in total. The second-order valence-corrected chi connectivity index (χ2v) is 8.90. The van der Waals surface area contributed by atoms with Crippen LogP contribution < -0.4 is 5.32 Å². The Morgan fingerprint density at radius 1 is 1.00 bits per heavy atom. The van der Waals surface area contributed by atoms with Gasteiger partial charge in [-0.25, -0.2) is 4.98 Å². The molecule has 4 aromatic rings. The van der Waals surface area contributed by atoms with Gasteiger partial charge in [0.05, 0.1) is 23.3 Å². The van der Waals surface area contributed by atoms with Gasteiger partial charge < -0.3 is 5.32 Å². The number of carbonyl (C=O) groups is 2. The summed E-state index contributed by atoms with van der Waals surface area (Å²) in [4.78, 5) is 28.6. The largest absolute Gasteiger partial charge is 0.326 e. The highest BCUT2D eigenvalue weighted by Gasteiger charge is 2.17. The quantitative estimate of drug-likeness (QED) is 0.247. The van der Waals surface area contributed by atoms with E-state index in [2.05, 4.69) is 27.9 Å². The minimum Gasteiger partial charge on any atom is -0.326 e. The highest BCUT2D eigenvalue weighted by Crippen LogP contribution is 2.32. The molecule has 1 aromatic heterocycles. The maximum atomic E-state index is 12.8. The van der Waals surface area contributed by atoms with Crippen molar-refractivity contribution in [2.24, 2.45) is 0 Å². The maximum absolute atomic E-state index is 12.8. The molecule has 33 heavy (non-hydrogen) atoms. The van der Waals surface area contributed by atoms with Crippen molar-refractivity contribution in [1.82, 2.24) is 9.55 Å². The molecule has 0 aliphatic rings. The van der Waals surface area contributed by atoms with E-state index in [0.29, 0.717) is 16.3 Å². The van der Waals surface area contributed by atoms with Gasteiger partial charge in [-0.05, 0) is 55.0 Å². The first kappa shape index (κ1) is 22.8. The Morgan fingerprint density at radius 3 is 2.36 bits per heavy atom. The van der Waals surface area contributed by atoms with Crippen LogP contribution in [-0.4, -0.2) is 27.0 Å². The maximum Gasteiger partial charge on any atom is 0.221 e. The Kier molecular flexibility index (Phi) is 6.96. The number of anilines is 1. The van der Waals surface area contributed by atoms with E-state index in [9.17, 15) is 9.59 Å². The van der Waals surface area contributed by atoms with Crippen molar-refractivity contribution in [3.05, 3.63) is 95.1 Å². The molecule has 7 heteroatoms. The normalized spacial score (nSPS) is 10.8. The first-order chi connectivity index (χ1) is 15.9. The number of nitrogens with one attached hydrogen (secondary N) is 1. The average molecular weight is 476 g/mol. The number of hydrogen-bond donors (Lipinski definition) is 1. The molecular weight excluding hydrogens is 454 g/mol. The summed E-state index contributed by atoms with van der Waals surface area (Å²) >= 11 is 7.47. The Balaban J connectivity index is 1.61. The van der Waals surface area contributed by atoms with Gasteiger partial charge in [-0.1, -0.05) is 53.7 Å². The van der Waals surface area contributed by atoms with Crippen molar-refractivity contribution < 1.29 is 9.59 Å². The van der Waals surface area contributed by atoms with Crippen molar-refractivity contribution in [3.63, 3.8) is 0 Å². The number of rotatable bonds is 7. The lowest BCUT2D eigenvalue weighted by molar-refractivity contribution is -0.114. The number of halogens is 1. The number of imidazole rings is 1. The summed E-state index contributed by atoms with van der Waals surface area (Å²) in [5.41, 5.74) is 5.28. The first-order valence-corrected chi connectivity index (χ1v) is 11.7. The van der Waals surface area contributed by atoms with E-state index in [1.54, 1.807) is 24.3 Å². The molecule has 0 saturated carbocycles. The molecular formula is C26H22ClN3O2S. The SMILES string of the molecule is CC(=O)Nc1ccc(C(=O)CSc2ncc(-c3ccc(Cl)cc3)n2-c2ccccc2C)cc1. The van der Waals surface area contributed by atoms with Gasteiger partial charge in [0.2, 0.25) is 5.91 Å². The number of carbonyl (C=O) groups excluding carboxylic acids is 2. The Hall–Kier alpha value is -3.35. The topological polar surface area (TPSA) is 64.0 Å². The second kappa shape index (κ2) is 10.1. The number of aryl methyl sites for hydroxylation is 1. The van der Waals surface area contributed by atoms with Gasteiger partial charge in [0, 0.05) is 28.8 Å².